The molecule has 0 spiro atoms. The molecule has 12 heteroatoms. The number of amides is 1. The number of hydrogen-bond acceptors (Lipinski definition) is 7. The Balaban J connectivity index is 1.28. The van der Waals surface area contributed by atoms with E-state index >= 15 is 0 Å². The Hall–Kier alpha value is -5.15. The number of nitrogens with zero attached hydrogens (tertiary/aromatic N) is 4. The van der Waals surface area contributed by atoms with Gasteiger partial charge in [0.25, 0.3) is 0 Å². The molecule has 1 heterocycles. The number of anilines is 1. The maximum absolute atomic E-state index is 14.7. The minimum absolute atomic E-state index is 0.0480. The first-order valence-corrected chi connectivity index (χ1v) is 20.3. The molecule has 0 fully saturated rings. The highest BCUT2D eigenvalue weighted by molar-refractivity contribution is 7.98. The van der Waals surface area contributed by atoms with E-state index in [-0.39, 0.29) is 17.4 Å². The summed E-state index contributed by atoms with van der Waals surface area (Å²) in [6.07, 6.45) is 5.98. The predicted molar refractivity (Wildman–Crippen MR) is 230 cm³/mol. The molecule has 1 aromatic heterocycles. The molecule has 0 aliphatic heterocycles. The minimum Gasteiger partial charge on any atom is -0.489 e. The van der Waals surface area contributed by atoms with Crippen LogP contribution in [0.4, 0.5) is 5.69 Å². The summed E-state index contributed by atoms with van der Waals surface area (Å²) in [6.45, 7) is 1.76. The monoisotopic (exact) mass is 818 g/mol. The highest BCUT2D eigenvalue weighted by atomic mass is 35.5. The molecule has 0 radical (unpaired) electrons. The maximum atomic E-state index is 14.7. The number of hydrogen-bond donors (Lipinski definition) is 2. The zero-order chi connectivity index (χ0) is 39.3. The lowest BCUT2D eigenvalue weighted by Crippen LogP contribution is -2.52. The molecule has 1 atom stereocenters. The smallest absolute Gasteiger partial charge is 0.235 e. The quantitative estimate of drug-likeness (QED) is 0.0737. The first-order valence-electron chi connectivity index (χ1n) is 17.9. The summed E-state index contributed by atoms with van der Waals surface area (Å²) in [5.74, 6) is 0.553. The number of nitrogens with one attached hydrogen (secondary N) is 2. The molecule has 0 aliphatic carbocycles. The van der Waals surface area contributed by atoms with Crippen molar-refractivity contribution in [3.8, 4) is 11.8 Å². The largest absolute Gasteiger partial charge is 0.489 e. The summed E-state index contributed by atoms with van der Waals surface area (Å²) in [4.78, 5) is 21.9. The number of carbonyl (C=O) groups is 1. The number of halogens is 2. The highest BCUT2D eigenvalue weighted by Gasteiger charge is 2.29. The van der Waals surface area contributed by atoms with Gasteiger partial charge in [0.1, 0.15) is 12.4 Å². The molecule has 0 unspecified atom stereocenters. The third-order valence-corrected chi connectivity index (χ3v) is 11.0. The van der Waals surface area contributed by atoms with Crippen LogP contribution in [-0.2, 0) is 37.3 Å². The fourth-order valence-electron chi connectivity index (χ4n) is 6.15. The van der Waals surface area contributed by atoms with Gasteiger partial charge in [-0.2, -0.15) is 5.26 Å². The first-order chi connectivity index (χ1) is 27.3. The van der Waals surface area contributed by atoms with Gasteiger partial charge in [0, 0.05) is 42.1 Å². The number of rotatable bonds is 16. The van der Waals surface area contributed by atoms with Gasteiger partial charge in [-0.3, -0.25) is 9.69 Å². The molecule has 8 nitrogen and oxygen atoms in total. The van der Waals surface area contributed by atoms with Crippen LogP contribution in [0, 0.1) is 11.3 Å². The molecular formula is C44H40Cl2N6O2S2. The van der Waals surface area contributed by atoms with E-state index in [1.165, 1.54) is 0 Å². The van der Waals surface area contributed by atoms with Crippen molar-refractivity contribution in [2.45, 2.75) is 43.5 Å². The number of aromatic nitrogens is 2. The molecule has 56 heavy (non-hydrogen) atoms. The number of nitriles is 1. The van der Waals surface area contributed by atoms with Crippen molar-refractivity contribution < 1.29 is 9.53 Å². The lowest BCUT2D eigenvalue weighted by Gasteiger charge is -2.33. The van der Waals surface area contributed by atoms with Crippen molar-refractivity contribution >= 4 is 63.9 Å². The van der Waals surface area contributed by atoms with Crippen molar-refractivity contribution in [2.24, 2.45) is 0 Å². The van der Waals surface area contributed by atoms with Gasteiger partial charge in [0.2, 0.25) is 5.91 Å². The van der Waals surface area contributed by atoms with Crippen LogP contribution in [0.3, 0.4) is 0 Å². The molecule has 6 aromatic rings. The lowest BCUT2D eigenvalue weighted by atomic mass is 10.0. The molecule has 1 amide bonds. The molecule has 0 bridgehead atoms. The number of thiocarbonyl (C=S) groups is 1. The van der Waals surface area contributed by atoms with Crippen LogP contribution < -0.4 is 15.4 Å². The average Bonchev–Trinajstić information content (AvgIpc) is 3.65. The van der Waals surface area contributed by atoms with Gasteiger partial charge in [-0.05, 0) is 102 Å². The summed E-state index contributed by atoms with van der Waals surface area (Å²) in [5, 5.41) is 17.4. The Kier molecular flexibility index (Phi) is 14.6. The normalized spacial score (nSPS) is 11.4. The van der Waals surface area contributed by atoms with E-state index in [2.05, 4.69) is 21.7 Å². The summed E-state index contributed by atoms with van der Waals surface area (Å²) in [5.41, 5.74) is 6.00. The molecule has 0 aliphatic rings. The number of ether oxygens (including phenoxy) is 1. The van der Waals surface area contributed by atoms with Gasteiger partial charge in [0.15, 0.2) is 5.11 Å². The maximum Gasteiger partial charge on any atom is 0.235 e. The zero-order valence-electron chi connectivity index (χ0n) is 30.7. The number of thioether (sulfide) groups is 1. The average molecular weight is 820 g/mol. The zero-order valence-corrected chi connectivity index (χ0v) is 33.8. The second-order valence-corrected chi connectivity index (χ2v) is 15.1. The van der Waals surface area contributed by atoms with E-state index in [1.54, 1.807) is 47.4 Å². The SMILES string of the molecule is CSc1ccc(NC(=S)N(C(=O)Cc2cncn2Cc2ccc(C#N)cc2)[C@H](CNCc2cccc(Cl)c2Cl)Cc2ccc(OCc3ccccc3)cc2)cc1. The van der Waals surface area contributed by atoms with E-state index in [0.29, 0.717) is 48.3 Å². The van der Waals surface area contributed by atoms with Crippen LogP contribution in [0.1, 0.15) is 33.5 Å². The van der Waals surface area contributed by atoms with E-state index in [0.717, 1.165) is 44.3 Å². The Morgan fingerprint density at radius 2 is 1.66 bits per heavy atom. The second kappa shape index (κ2) is 20.1. The van der Waals surface area contributed by atoms with Gasteiger partial charge in [-0.25, -0.2) is 4.98 Å². The summed E-state index contributed by atoms with van der Waals surface area (Å²) in [7, 11) is 0. The first kappa shape index (κ1) is 40.5. The van der Waals surface area contributed by atoms with E-state index in [4.69, 9.17) is 40.2 Å². The fourth-order valence-corrected chi connectivity index (χ4v) is 7.31. The van der Waals surface area contributed by atoms with Crippen LogP contribution in [-0.4, -0.2) is 44.3 Å². The summed E-state index contributed by atoms with van der Waals surface area (Å²) < 4.78 is 8.00. The van der Waals surface area contributed by atoms with Crippen LogP contribution in [0.2, 0.25) is 10.0 Å². The predicted octanol–water partition coefficient (Wildman–Crippen LogP) is 9.58. The third-order valence-electron chi connectivity index (χ3n) is 9.13. The molecule has 284 valence electrons. The fraction of sp³-hybridized carbons (Fsp3) is 0.182. The summed E-state index contributed by atoms with van der Waals surface area (Å²) >= 11 is 20.6. The van der Waals surface area contributed by atoms with Crippen molar-refractivity contribution in [2.75, 3.05) is 18.1 Å². The minimum atomic E-state index is -0.420. The van der Waals surface area contributed by atoms with Crippen molar-refractivity contribution in [1.29, 1.82) is 5.26 Å². The Bertz CT molecular complexity index is 2260. The number of carbonyl (C=O) groups excluding carboxylic acids is 1. The van der Waals surface area contributed by atoms with E-state index in [9.17, 15) is 10.1 Å². The van der Waals surface area contributed by atoms with Crippen LogP contribution >= 0.6 is 47.2 Å². The van der Waals surface area contributed by atoms with Crippen molar-refractivity contribution in [3.05, 3.63) is 177 Å². The van der Waals surface area contributed by atoms with Gasteiger partial charge >= 0.3 is 0 Å². The highest BCUT2D eigenvalue weighted by Crippen LogP contribution is 2.26. The van der Waals surface area contributed by atoms with Crippen molar-refractivity contribution in [1.82, 2.24) is 19.8 Å². The Labute approximate surface area is 347 Å². The number of benzene rings is 5. The number of imidazole rings is 1. The van der Waals surface area contributed by atoms with Crippen molar-refractivity contribution in [3.63, 3.8) is 0 Å². The van der Waals surface area contributed by atoms with Gasteiger partial charge < -0.3 is 19.9 Å². The van der Waals surface area contributed by atoms with Gasteiger partial charge in [0.05, 0.1) is 40.5 Å². The van der Waals surface area contributed by atoms with E-state index in [1.807, 2.05) is 114 Å². The standard InChI is InChI=1S/C44H40Cl2N6O2S2/c1-56-40-20-16-36(17-21-40)50-44(55)52(42(53)23-37-26-49-30-51(37)28-33-12-10-32(24-47)11-13-33)38(27-48-25-35-8-5-9-41(45)43(35)46)22-31-14-18-39(19-15-31)54-29-34-6-3-2-4-7-34/h2-21,26,30,38,48H,22-23,25,27-29H2,1H3,(H,50,55)/t38-/m0/s1. The van der Waals surface area contributed by atoms with Gasteiger partial charge in [-0.15, -0.1) is 11.8 Å². The summed E-state index contributed by atoms with van der Waals surface area (Å²) in [6, 6.07) is 40.6. The molecular weight excluding hydrogens is 780 g/mol. The van der Waals surface area contributed by atoms with Crippen LogP contribution in [0.5, 0.6) is 5.75 Å². The molecule has 0 saturated heterocycles. The molecule has 5 aromatic carbocycles. The molecule has 2 N–H and O–H groups in total. The van der Waals surface area contributed by atoms with Crippen LogP contribution in [0.25, 0.3) is 0 Å². The lowest BCUT2D eigenvalue weighted by molar-refractivity contribution is -0.128. The van der Waals surface area contributed by atoms with Gasteiger partial charge in [-0.1, -0.05) is 89.9 Å². The molecule has 6 rings (SSSR count). The van der Waals surface area contributed by atoms with Crippen LogP contribution in [0.15, 0.2) is 139 Å². The third kappa shape index (κ3) is 11.2. The second-order valence-electron chi connectivity index (χ2n) is 13.0. The van der Waals surface area contributed by atoms with E-state index < -0.39 is 6.04 Å². The topological polar surface area (TPSA) is 95.2 Å². The Morgan fingerprint density at radius 1 is 0.929 bits per heavy atom. The Morgan fingerprint density at radius 3 is 2.38 bits per heavy atom. The molecule has 0 saturated carbocycles.